The molecule has 7 nitrogen and oxygen atoms in total. The maximum atomic E-state index is 13.7. The number of carbonyl (C=O) groups is 1. The Balaban J connectivity index is 1.91. The monoisotopic (exact) mass is 487 g/mol. The van der Waals surface area contributed by atoms with E-state index in [1.807, 2.05) is 17.5 Å². The highest BCUT2D eigenvalue weighted by Crippen LogP contribution is 2.39. The number of thiophene rings is 1. The highest BCUT2D eigenvalue weighted by Gasteiger charge is 2.35. The number of H-pyrrole nitrogens is 1. The molecule has 3 aromatic rings. The molecule has 2 aromatic heterocycles. The summed E-state index contributed by atoms with van der Waals surface area (Å²) in [6.07, 6.45) is 4.27. The summed E-state index contributed by atoms with van der Waals surface area (Å²) in [6, 6.07) is 6.28. The zero-order valence-corrected chi connectivity index (χ0v) is 20.8. The van der Waals surface area contributed by atoms with Crippen molar-refractivity contribution in [2.24, 2.45) is 0 Å². The van der Waals surface area contributed by atoms with Crippen molar-refractivity contribution in [2.75, 3.05) is 12.8 Å². The van der Waals surface area contributed by atoms with E-state index in [0.29, 0.717) is 11.1 Å². The first-order chi connectivity index (χ1) is 15.5. The van der Waals surface area contributed by atoms with Crippen molar-refractivity contribution in [1.29, 1.82) is 0 Å². The number of Topliss-reactive ketones (excluding diaryl/α,β-unsaturated/α-hetero) is 1. The molecule has 0 saturated carbocycles. The van der Waals surface area contributed by atoms with Gasteiger partial charge >= 0.3 is 0 Å². The number of rotatable bonds is 6. The Kier molecular flexibility index (Phi) is 6.34. The van der Waals surface area contributed by atoms with Gasteiger partial charge in [-0.3, -0.25) is 9.59 Å². The molecule has 0 aliphatic carbocycles. The largest absolute Gasteiger partial charge is 0.329 e. The number of pyridine rings is 1. The van der Waals surface area contributed by atoms with Gasteiger partial charge in [-0.2, -0.15) is 0 Å². The van der Waals surface area contributed by atoms with Crippen LogP contribution in [0, 0.1) is 0 Å². The van der Waals surface area contributed by atoms with Crippen molar-refractivity contribution < 1.29 is 13.2 Å². The Bertz CT molecular complexity index is 1360. The lowest BCUT2D eigenvalue weighted by Crippen LogP contribution is -2.51. The topological polar surface area (TPSA) is 108 Å². The van der Waals surface area contributed by atoms with Crippen molar-refractivity contribution in [1.82, 2.24) is 15.0 Å². The van der Waals surface area contributed by atoms with Gasteiger partial charge in [0.2, 0.25) is 10.0 Å². The third-order valence-electron chi connectivity index (χ3n) is 6.00. The van der Waals surface area contributed by atoms with Crippen LogP contribution < -0.4 is 15.6 Å². The van der Waals surface area contributed by atoms with E-state index >= 15 is 0 Å². The predicted octanol–water partition coefficient (Wildman–Crippen LogP) is 3.41. The van der Waals surface area contributed by atoms with Crippen molar-refractivity contribution in [3.8, 4) is 11.1 Å². The fourth-order valence-corrected chi connectivity index (χ4v) is 6.40. The van der Waals surface area contributed by atoms with Crippen LogP contribution in [0.15, 0.2) is 40.6 Å². The van der Waals surface area contributed by atoms with E-state index in [4.69, 9.17) is 0 Å². The summed E-state index contributed by atoms with van der Waals surface area (Å²) in [5.41, 5.74) is 2.34. The molecule has 1 aliphatic rings. The summed E-state index contributed by atoms with van der Waals surface area (Å²) < 4.78 is 27.7. The average molecular weight is 488 g/mol. The minimum atomic E-state index is -3.59. The Morgan fingerprint density at radius 3 is 2.64 bits per heavy atom. The Labute approximate surface area is 197 Å². The lowest BCUT2D eigenvalue weighted by atomic mass is 9.83. The Morgan fingerprint density at radius 1 is 1.27 bits per heavy atom. The average Bonchev–Trinajstić information content (AvgIpc) is 3.40. The van der Waals surface area contributed by atoms with Crippen molar-refractivity contribution in [2.45, 2.75) is 51.1 Å². The van der Waals surface area contributed by atoms with Crippen LogP contribution in [0.2, 0.25) is 0 Å². The fourth-order valence-electron chi connectivity index (χ4n) is 4.40. The lowest BCUT2D eigenvalue weighted by Gasteiger charge is -2.23. The Hall–Kier alpha value is -2.33. The summed E-state index contributed by atoms with van der Waals surface area (Å²) in [4.78, 5) is 29.0. The molecule has 2 atom stereocenters. The number of hydrogen-bond donors (Lipinski definition) is 3. The van der Waals surface area contributed by atoms with E-state index in [2.05, 4.69) is 35.8 Å². The summed E-state index contributed by atoms with van der Waals surface area (Å²) in [6.45, 7) is 7.04. The van der Waals surface area contributed by atoms with Gasteiger partial charge in [0.15, 0.2) is 5.78 Å². The molecule has 0 amide bonds. The van der Waals surface area contributed by atoms with Crippen molar-refractivity contribution in [3.63, 3.8) is 0 Å². The fraction of sp³-hybridized carbons (Fsp3) is 0.417. The van der Waals surface area contributed by atoms with Crippen molar-refractivity contribution in [3.05, 3.63) is 57.3 Å². The molecule has 4 rings (SSSR count). The maximum Gasteiger partial charge on any atom is 0.255 e. The third-order valence-corrected chi connectivity index (χ3v) is 7.71. The number of sulfonamides is 1. The van der Waals surface area contributed by atoms with Gasteiger partial charge in [-0.15, -0.1) is 11.3 Å². The van der Waals surface area contributed by atoms with Crippen LogP contribution in [-0.2, 0) is 15.4 Å². The van der Waals surface area contributed by atoms with Crippen LogP contribution in [0.1, 0.15) is 49.5 Å². The summed E-state index contributed by atoms with van der Waals surface area (Å²) in [5, 5.41) is 5.82. The van der Waals surface area contributed by atoms with Crippen LogP contribution >= 0.6 is 11.3 Å². The molecule has 1 saturated heterocycles. The molecule has 9 heteroatoms. The van der Waals surface area contributed by atoms with E-state index in [1.165, 1.54) is 11.3 Å². The number of carbonyl (C=O) groups excluding carboxylic acids is 1. The normalized spacial score (nSPS) is 18.0. The van der Waals surface area contributed by atoms with Crippen LogP contribution in [0.4, 0.5) is 0 Å². The molecule has 0 bridgehead atoms. The second kappa shape index (κ2) is 8.79. The molecular formula is C24H29N3O4S2. The number of hydrogen-bond acceptors (Lipinski definition) is 6. The van der Waals surface area contributed by atoms with Gasteiger partial charge in [-0.1, -0.05) is 20.8 Å². The molecule has 0 radical (unpaired) electrons. The zero-order chi connectivity index (χ0) is 24.0. The minimum Gasteiger partial charge on any atom is -0.329 e. The van der Waals surface area contributed by atoms with E-state index in [1.54, 1.807) is 18.3 Å². The number of fused-ring (bicyclic) bond motifs is 1. The van der Waals surface area contributed by atoms with Gasteiger partial charge in [0, 0.05) is 38.8 Å². The van der Waals surface area contributed by atoms with Gasteiger partial charge in [0.25, 0.3) is 5.56 Å². The number of ketones is 1. The second-order valence-electron chi connectivity index (χ2n) is 9.65. The SMILES string of the molecule is CC(C)(C)c1cc(-c2ccc[nH]c2=O)cc2c(C(=O)[C@H](NS(C)(=O)=O)C3CCCN3)csc12. The first-order valence-electron chi connectivity index (χ1n) is 10.9. The standard InChI is InChI=1S/C24H29N3O4S2/c1-24(2,3)18-12-14(15-7-5-10-26-23(15)29)11-16-17(13-32-22(16)18)21(28)20(27-33(4,30)31)19-8-6-9-25-19/h5,7,10-13,19-20,25,27H,6,8-9H2,1-4H3,(H,26,29)/t19?,20-/m1/s1. The van der Waals surface area contributed by atoms with Gasteiger partial charge in [0.05, 0.1) is 6.26 Å². The number of aromatic nitrogens is 1. The summed E-state index contributed by atoms with van der Waals surface area (Å²) in [5.74, 6) is -0.259. The quantitative estimate of drug-likeness (QED) is 0.462. The van der Waals surface area contributed by atoms with Gasteiger partial charge in [-0.05, 0) is 60.2 Å². The van der Waals surface area contributed by atoms with Gasteiger partial charge in [0.1, 0.15) is 6.04 Å². The number of aromatic amines is 1. The summed E-state index contributed by atoms with van der Waals surface area (Å²) >= 11 is 1.48. The lowest BCUT2D eigenvalue weighted by molar-refractivity contribution is 0.0939. The number of benzene rings is 1. The molecule has 3 heterocycles. The Morgan fingerprint density at radius 2 is 2.03 bits per heavy atom. The first kappa shape index (κ1) is 23.8. The molecule has 1 unspecified atom stereocenters. The van der Waals surface area contributed by atoms with E-state index in [0.717, 1.165) is 46.9 Å². The minimum absolute atomic E-state index is 0.202. The molecule has 1 aliphatic heterocycles. The first-order valence-corrected chi connectivity index (χ1v) is 13.7. The molecular weight excluding hydrogens is 458 g/mol. The summed E-state index contributed by atoms with van der Waals surface area (Å²) in [7, 11) is -3.59. The molecule has 1 aromatic carbocycles. The number of nitrogens with one attached hydrogen (secondary N) is 3. The van der Waals surface area contributed by atoms with E-state index in [-0.39, 0.29) is 22.8 Å². The maximum absolute atomic E-state index is 13.7. The highest BCUT2D eigenvalue weighted by molar-refractivity contribution is 7.88. The highest BCUT2D eigenvalue weighted by atomic mass is 32.2. The molecule has 176 valence electrons. The van der Waals surface area contributed by atoms with E-state index < -0.39 is 16.1 Å². The molecule has 0 spiro atoms. The van der Waals surface area contributed by atoms with Gasteiger partial charge < -0.3 is 10.3 Å². The van der Waals surface area contributed by atoms with Crippen molar-refractivity contribution >= 4 is 37.2 Å². The van der Waals surface area contributed by atoms with Crippen LogP contribution in [-0.4, -0.2) is 44.1 Å². The smallest absolute Gasteiger partial charge is 0.255 e. The predicted molar refractivity (Wildman–Crippen MR) is 134 cm³/mol. The molecule has 1 fully saturated rings. The van der Waals surface area contributed by atoms with Gasteiger partial charge in [-0.25, -0.2) is 13.1 Å². The van der Waals surface area contributed by atoms with Crippen LogP contribution in [0.5, 0.6) is 0 Å². The zero-order valence-electron chi connectivity index (χ0n) is 19.2. The van der Waals surface area contributed by atoms with Crippen LogP contribution in [0.3, 0.4) is 0 Å². The second-order valence-corrected chi connectivity index (χ2v) is 12.3. The van der Waals surface area contributed by atoms with Crippen LogP contribution in [0.25, 0.3) is 21.2 Å². The van der Waals surface area contributed by atoms with E-state index in [9.17, 15) is 18.0 Å². The molecule has 3 N–H and O–H groups in total. The third kappa shape index (κ3) is 4.96. The molecule has 33 heavy (non-hydrogen) atoms.